The van der Waals surface area contributed by atoms with Crippen molar-refractivity contribution in [1.82, 2.24) is 0 Å². The number of thioether (sulfide) groups is 1. The first kappa shape index (κ1) is 21.5. The van der Waals surface area contributed by atoms with E-state index < -0.39 is 32.4 Å². The van der Waals surface area contributed by atoms with E-state index in [1.165, 1.54) is 31.2 Å². The number of amides is 1. The van der Waals surface area contributed by atoms with Gasteiger partial charge >= 0.3 is 10.2 Å². The molecule has 1 amide bonds. The molecule has 11 heteroatoms. The molecule has 0 aromatic heterocycles. The van der Waals surface area contributed by atoms with Gasteiger partial charge in [0, 0.05) is 16.3 Å². The van der Waals surface area contributed by atoms with Gasteiger partial charge in [-0.1, -0.05) is 19.4 Å². The van der Waals surface area contributed by atoms with Gasteiger partial charge in [0.05, 0.1) is 0 Å². The van der Waals surface area contributed by atoms with Crippen LogP contribution in [0.4, 0.5) is 29.5 Å². The van der Waals surface area contributed by atoms with Gasteiger partial charge in [0.2, 0.25) is 0 Å². The van der Waals surface area contributed by atoms with Crippen LogP contribution in [0.25, 0.3) is 0 Å². The third kappa shape index (κ3) is 6.08. The van der Waals surface area contributed by atoms with Crippen LogP contribution in [-0.4, -0.2) is 22.4 Å². The van der Waals surface area contributed by atoms with Gasteiger partial charge in [0.15, 0.2) is 0 Å². The maximum Gasteiger partial charge on any atom is 0.310 e. The molecule has 2 aromatic carbocycles. The zero-order chi connectivity index (χ0) is 20.6. The van der Waals surface area contributed by atoms with Gasteiger partial charge < -0.3 is 10.4 Å². The summed E-state index contributed by atoms with van der Waals surface area (Å²) < 4.78 is 76.2. The van der Waals surface area contributed by atoms with Crippen molar-refractivity contribution in [3.8, 4) is 0 Å². The third-order valence-corrected chi connectivity index (χ3v) is 5.86. The van der Waals surface area contributed by atoms with Crippen LogP contribution in [0.15, 0.2) is 58.3 Å². The maximum absolute atomic E-state index is 12.8. The highest BCUT2D eigenvalue weighted by molar-refractivity contribution is 8.45. The van der Waals surface area contributed by atoms with E-state index in [1.54, 1.807) is 0 Å². The van der Waals surface area contributed by atoms with Crippen LogP contribution in [0.5, 0.6) is 0 Å². The fourth-order valence-corrected chi connectivity index (χ4v) is 3.44. The van der Waals surface area contributed by atoms with Crippen LogP contribution in [0.2, 0.25) is 0 Å². The third-order valence-electron chi connectivity index (χ3n) is 3.38. The van der Waals surface area contributed by atoms with Crippen LogP contribution >= 0.6 is 22.0 Å². The molecule has 0 aliphatic rings. The van der Waals surface area contributed by atoms with Crippen molar-refractivity contribution in [2.45, 2.75) is 22.3 Å². The molecule has 0 aliphatic heterocycles. The van der Waals surface area contributed by atoms with Crippen LogP contribution in [-0.2, 0) is 4.79 Å². The zero-order valence-electron chi connectivity index (χ0n) is 13.8. The average Bonchev–Trinajstić information content (AvgIpc) is 2.52. The Hall–Kier alpha value is -1.85. The second-order valence-corrected chi connectivity index (χ2v) is 9.42. The summed E-state index contributed by atoms with van der Waals surface area (Å²) in [5.41, 5.74) is -2.10. The van der Waals surface area contributed by atoms with E-state index in [0.29, 0.717) is 17.0 Å². The number of anilines is 1. The Kier molecular flexibility index (Phi) is 5.04. The number of nitrogens with one attached hydrogen (secondary N) is 1. The summed E-state index contributed by atoms with van der Waals surface area (Å²) >= 11 is 1.06. The number of hydrogen-bond donors (Lipinski definition) is 2. The smallest absolute Gasteiger partial charge is 0.310 e. The van der Waals surface area contributed by atoms with Gasteiger partial charge in [-0.05, 0) is 55.5 Å². The van der Waals surface area contributed by atoms with E-state index in [2.05, 4.69) is 5.32 Å². The first-order valence-electron chi connectivity index (χ1n) is 7.33. The van der Waals surface area contributed by atoms with Crippen molar-refractivity contribution in [3.63, 3.8) is 0 Å². The maximum atomic E-state index is 12.8. The summed E-state index contributed by atoms with van der Waals surface area (Å²) in [7, 11) is -9.79. The largest absolute Gasteiger partial charge is 0.379 e. The van der Waals surface area contributed by atoms with Crippen molar-refractivity contribution in [2.75, 3.05) is 11.1 Å². The highest BCUT2D eigenvalue weighted by atomic mass is 32.5. The highest BCUT2D eigenvalue weighted by Crippen LogP contribution is 3.02. The predicted molar refractivity (Wildman–Crippen MR) is 94.2 cm³/mol. The Morgan fingerprint density at radius 2 is 1.56 bits per heavy atom. The molecule has 3 nitrogen and oxygen atoms in total. The Balaban J connectivity index is 2.04. The van der Waals surface area contributed by atoms with Gasteiger partial charge in [0.1, 0.15) is 16.3 Å². The van der Waals surface area contributed by atoms with Crippen LogP contribution in [0.1, 0.15) is 6.92 Å². The minimum absolute atomic E-state index is 0.131. The summed E-state index contributed by atoms with van der Waals surface area (Å²) in [4.78, 5) is 10.6. The van der Waals surface area contributed by atoms with E-state index >= 15 is 0 Å². The molecule has 0 radical (unpaired) electrons. The molecule has 2 aromatic rings. The van der Waals surface area contributed by atoms with Crippen LogP contribution in [0.3, 0.4) is 0 Å². The number of aliphatic hydroxyl groups is 1. The number of halogens is 6. The van der Waals surface area contributed by atoms with Gasteiger partial charge in [-0.15, -0.1) is 11.8 Å². The molecule has 0 aliphatic carbocycles. The van der Waals surface area contributed by atoms with Crippen molar-refractivity contribution in [1.29, 1.82) is 0 Å². The number of benzene rings is 2. The Morgan fingerprint density at radius 1 is 1.04 bits per heavy atom. The molecule has 2 N–H and O–H groups in total. The first-order chi connectivity index (χ1) is 12.1. The standard InChI is InChI=1S/C16H15F6NO2S2/c1-16(25,10-26-13-6-2-11(17)3-7-13)15(24)23-12-4-8-14(9-5-12)27(18,19,20,21)22/h2-9,25H,10H2,1H3,(H,23,24). The molecule has 1 unspecified atom stereocenters. The first-order valence-corrected chi connectivity index (χ1v) is 10.3. The molecule has 0 bridgehead atoms. The summed E-state index contributed by atoms with van der Waals surface area (Å²) in [5.74, 6) is -1.51. The van der Waals surface area contributed by atoms with Gasteiger partial charge in [-0.3, -0.25) is 4.79 Å². The van der Waals surface area contributed by atoms with Crippen molar-refractivity contribution in [2.24, 2.45) is 0 Å². The minimum Gasteiger partial charge on any atom is -0.379 e. The SMILES string of the molecule is CC(O)(CSc1ccc(F)cc1)C(=O)Nc1ccc(S(F)(F)(F)(F)F)cc1. The Morgan fingerprint density at radius 3 is 2.04 bits per heavy atom. The van der Waals surface area contributed by atoms with Crippen molar-refractivity contribution in [3.05, 3.63) is 54.3 Å². The second-order valence-electron chi connectivity index (χ2n) is 5.96. The topological polar surface area (TPSA) is 49.3 Å². The Bertz CT molecular complexity index is 837. The van der Waals surface area contributed by atoms with Gasteiger partial charge in [-0.25, -0.2) is 4.39 Å². The predicted octanol–water partition coefficient (Wildman–Crippen LogP) is 5.96. The molecule has 0 heterocycles. The fraction of sp³-hybridized carbons (Fsp3) is 0.188. The molecule has 150 valence electrons. The lowest BCUT2D eigenvalue weighted by Gasteiger charge is -2.40. The summed E-state index contributed by atoms with van der Waals surface area (Å²) in [6.07, 6.45) is 0. The monoisotopic (exact) mass is 431 g/mol. The second kappa shape index (κ2) is 6.35. The van der Waals surface area contributed by atoms with Gasteiger partial charge in [0.25, 0.3) is 5.91 Å². The lowest BCUT2D eigenvalue weighted by molar-refractivity contribution is -0.130. The molecular formula is C16H15F6NO2S2. The minimum atomic E-state index is -9.79. The van der Waals surface area contributed by atoms with Crippen LogP contribution in [0, 0.1) is 5.82 Å². The fourth-order valence-electron chi connectivity index (χ4n) is 1.88. The summed E-state index contributed by atoms with van der Waals surface area (Å²) in [6, 6.07) is 7.00. The molecule has 0 saturated carbocycles. The summed E-state index contributed by atoms with van der Waals surface area (Å²) in [6.45, 7) is 1.18. The quantitative estimate of drug-likeness (QED) is 0.438. The lowest BCUT2D eigenvalue weighted by Crippen LogP contribution is -2.42. The number of carbonyl (C=O) groups excluding carboxylic acids is 1. The molecule has 1 atom stereocenters. The normalized spacial score (nSPS) is 16.7. The van der Waals surface area contributed by atoms with Gasteiger partial charge in [-0.2, -0.15) is 0 Å². The molecular weight excluding hydrogens is 416 g/mol. The zero-order valence-corrected chi connectivity index (χ0v) is 15.4. The number of hydrogen-bond acceptors (Lipinski definition) is 3. The number of rotatable bonds is 6. The average molecular weight is 431 g/mol. The molecule has 27 heavy (non-hydrogen) atoms. The van der Waals surface area contributed by atoms with Crippen LogP contribution < -0.4 is 5.32 Å². The molecule has 0 fully saturated rings. The van der Waals surface area contributed by atoms with E-state index in [4.69, 9.17) is 0 Å². The van der Waals surface area contributed by atoms with E-state index in [-0.39, 0.29) is 23.6 Å². The highest BCUT2D eigenvalue weighted by Gasteiger charge is 2.65. The molecule has 0 spiro atoms. The van der Waals surface area contributed by atoms with E-state index in [9.17, 15) is 33.7 Å². The lowest BCUT2D eigenvalue weighted by atomic mass is 10.1. The molecule has 0 saturated heterocycles. The van der Waals surface area contributed by atoms with Crippen molar-refractivity contribution >= 4 is 33.6 Å². The summed E-state index contributed by atoms with van der Waals surface area (Å²) in [5, 5.41) is 12.4. The van der Waals surface area contributed by atoms with E-state index in [0.717, 1.165) is 11.8 Å². The van der Waals surface area contributed by atoms with E-state index in [1.807, 2.05) is 0 Å². The Labute approximate surface area is 155 Å². The number of carbonyl (C=O) groups is 1. The van der Waals surface area contributed by atoms with Crippen molar-refractivity contribution < 1.29 is 33.7 Å². The molecule has 2 rings (SSSR count).